The quantitative estimate of drug-likeness (QED) is 0.539. The van der Waals surface area contributed by atoms with Gasteiger partial charge in [0.05, 0.1) is 18.7 Å². The summed E-state index contributed by atoms with van der Waals surface area (Å²) in [5, 5.41) is 10.3. The maximum Gasteiger partial charge on any atom is 0.307 e. The molecule has 0 radical (unpaired) electrons. The average molecular weight is 454 g/mol. The minimum atomic E-state index is -1.28. The second kappa shape index (κ2) is 8.13. The van der Waals surface area contributed by atoms with E-state index >= 15 is 0 Å². The van der Waals surface area contributed by atoms with Gasteiger partial charge in [-0.15, -0.1) is 0 Å². The number of halogens is 1. The number of carboxylic acid groups (broad SMARTS) is 1. The van der Waals surface area contributed by atoms with E-state index in [1.807, 2.05) is 67.5 Å². The van der Waals surface area contributed by atoms with Crippen LogP contribution in [0.1, 0.15) is 27.8 Å². The van der Waals surface area contributed by atoms with Crippen molar-refractivity contribution in [2.75, 3.05) is 10.6 Å². The van der Waals surface area contributed by atoms with Crippen LogP contribution in [0.25, 0.3) is 22.3 Å². The molecule has 1 heterocycles. The summed E-state index contributed by atoms with van der Waals surface area (Å²) in [4.78, 5) is 11.8. The van der Waals surface area contributed by atoms with Crippen LogP contribution in [-0.2, 0) is 28.7 Å². The van der Waals surface area contributed by atoms with Gasteiger partial charge in [0.15, 0.2) is 0 Å². The molecule has 1 atom stereocenters. The van der Waals surface area contributed by atoms with Crippen molar-refractivity contribution < 1.29 is 14.1 Å². The Bertz CT molecular complexity index is 1230. The summed E-state index contributed by atoms with van der Waals surface area (Å²) in [6, 6.07) is 13.9. The second-order valence-corrected chi connectivity index (χ2v) is 9.69. The zero-order chi connectivity index (χ0) is 22.4. The molecule has 1 aliphatic heterocycles. The van der Waals surface area contributed by atoms with Crippen molar-refractivity contribution in [2.24, 2.45) is 0 Å². The zero-order valence-electron chi connectivity index (χ0n) is 18.0. The Morgan fingerprint density at radius 1 is 1.03 bits per heavy atom. The van der Waals surface area contributed by atoms with Crippen molar-refractivity contribution in [3.63, 3.8) is 0 Å². The molecule has 1 N–H and O–H groups in total. The van der Waals surface area contributed by atoms with Crippen molar-refractivity contribution >= 4 is 34.2 Å². The molecule has 0 fully saturated rings. The number of carbonyl (C=O) groups is 1. The fourth-order valence-electron chi connectivity index (χ4n) is 4.58. The van der Waals surface area contributed by atoms with E-state index in [0.717, 1.165) is 55.8 Å². The first kappa shape index (κ1) is 21.6. The minimum absolute atomic E-state index is 0.108. The van der Waals surface area contributed by atoms with Gasteiger partial charge in [0.1, 0.15) is 11.0 Å². The molecule has 4 nitrogen and oxygen atoms in total. The molecule has 160 valence electrons. The lowest BCUT2D eigenvalue weighted by Crippen LogP contribution is -2.30. The molecule has 0 aromatic heterocycles. The molecular weight excluding hydrogens is 430 g/mol. The Morgan fingerprint density at radius 2 is 1.71 bits per heavy atom. The Kier molecular flexibility index (Phi) is 5.67. The third-order valence-electron chi connectivity index (χ3n) is 5.99. The lowest BCUT2D eigenvalue weighted by molar-refractivity contribution is -0.136. The Morgan fingerprint density at radius 3 is 2.32 bits per heavy atom. The highest BCUT2D eigenvalue weighted by molar-refractivity contribution is 7.85. The molecule has 0 bridgehead atoms. The number of benzene rings is 3. The van der Waals surface area contributed by atoms with E-state index in [2.05, 4.69) is 0 Å². The van der Waals surface area contributed by atoms with Crippen LogP contribution in [0.4, 0.5) is 5.69 Å². The Balaban J connectivity index is 2.16. The third-order valence-corrected chi connectivity index (χ3v) is 7.24. The second-order valence-electron chi connectivity index (χ2n) is 8.00. The summed E-state index contributed by atoms with van der Waals surface area (Å²) >= 11 is 6.68. The van der Waals surface area contributed by atoms with E-state index in [4.69, 9.17) is 11.6 Å². The molecule has 1 aliphatic rings. The van der Waals surface area contributed by atoms with E-state index in [1.54, 1.807) is 6.26 Å². The maximum atomic E-state index is 12.7. The lowest BCUT2D eigenvalue weighted by Gasteiger charge is -2.36. The molecule has 3 aromatic rings. The van der Waals surface area contributed by atoms with Crippen LogP contribution < -0.4 is 4.31 Å². The molecule has 0 spiro atoms. The molecule has 0 aliphatic carbocycles. The molecule has 0 amide bonds. The fraction of sp³-hybridized carbons (Fsp3) is 0.240. The first-order valence-electron chi connectivity index (χ1n) is 10.0. The minimum Gasteiger partial charge on any atom is -0.481 e. The molecule has 0 saturated heterocycles. The van der Waals surface area contributed by atoms with E-state index in [0.29, 0.717) is 11.6 Å². The van der Waals surface area contributed by atoms with Gasteiger partial charge in [-0.2, -0.15) is 0 Å². The van der Waals surface area contributed by atoms with Gasteiger partial charge in [-0.3, -0.25) is 9.10 Å². The largest absolute Gasteiger partial charge is 0.481 e. The van der Waals surface area contributed by atoms with Crippen LogP contribution in [0, 0.1) is 20.8 Å². The normalized spacial score (nSPS) is 13.5. The highest BCUT2D eigenvalue weighted by Gasteiger charge is 2.32. The maximum absolute atomic E-state index is 12.7. The number of hydrogen-bond acceptors (Lipinski definition) is 2. The third kappa shape index (κ3) is 3.66. The molecule has 0 saturated carbocycles. The number of carboxylic acids is 1. The summed E-state index contributed by atoms with van der Waals surface area (Å²) in [7, 11) is -1.28. The van der Waals surface area contributed by atoms with Gasteiger partial charge in [-0.25, -0.2) is 4.21 Å². The fourth-order valence-corrected chi connectivity index (χ4v) is 5.68. The van der Waals surface area contributed by atoms with E-state index in [9.17, 15) is 14.1 Å². The van der Waals surface area contributed by atoms with Gasteiger partial charge in [-0.1, -0.05) is 53.6 Å². The SMILES string of the molecule is Cc1ccc(-c2c(C)c3c(c(C)c2CC(=O)O)N(S(C)=O)Cc2cccc(Cl)c2-3)cc1. The number of aliphatic carboxylic acids is 1. The number of aryl methyl sites for hydroxylation is 1. The highest BCUT2D eigenvalue weighted by Crippen LogP contribution is 2.50. The van der Waals surface area contributed by atoms with Gasteiger partial charge in [0.2, 0.25) is 0 Å². The topological polar surface area (TPSA) is 57.6 Å². The molecule has 31 heavy (non-hydrogen) atoms. The molecule has 6 heteroatoms. The summed E-state index contributed by atoms with van der Waals surface area (Å²) in [5.74, 6) is -0.894. The van der Waals surface area contributed by atoms with Crippen LogP contribution in [0.15, 0.2) is 42.5 Å². The smallest absolute Gasteiger partial charge is 0.307 e. The standard InChI is InChI=1S/C25H24ClNO3S/c1-14-8-10-17(11-9-14)22-16(3)23-24-18(6-5-7-20(24)26)13-27(31(4)30)25(23)15(2)19(22)12-21(28)29/h5-11H,12-13H2,1-4H3,(H,28,29). The van der Waals surface area contributed by atoms with Crippen molar-refractivity contribution in [1.82, 2.24) is 0 Å². The molecule has 4 rings (SSSR count). The predicted molar refractivity (Wildman–Crippen MR) is 128 cm³/mol. The summed E-state index contributed by atoms with van der Waals surface area (Å²) in [6.45, 7) is 6.42. The zero-order valence-corrected chi connectivity index (χ0v) is 19.5. The van der Waals surface area contributed by atoms with Crippen molar-refractivity contribution in [3.8, 4) is 22.3 Å². The Hall–Kier alpha value is -2.63. The number of rotatable bonds is 4. The summed E-state index contributed by atoms with van der Waals surface area (Å²) in [5.41, 5.74) is 9.24. The van der Waals surface area contributed by atoms with Crippen LogP contribution in [0.2, 0.25) is 5.02 Å². The number of nitrogens with zero attached hydrogens (tertiary/aromatic N) is 1. The van der Waals surface area contributed by atoms with E-state index < -0.39 is 17.0 Å². The first-order valence-corrected chi connectivity index (χ1v) is 11.9. The summed E-state index contributed by atoms with van der Waals surface area (Å²) in [6.07, 6.45) is 1.54. The predicted octanol–water partition coefficient (Wildman–Crippen LogP) is 5.84. The highest BCUT2D eigenvalue weighted by atomic mass is 35.5. The number of fused-ring (bicyclic) bond motifs is 3. The van der Waals surface area contributed by atoms with Crippen LogP contribution in [-0.4, -0.2) is 21.5 Å². The van der Waals surface area contributed by atoms with Gasteiger partial charge < -0.3 is 5.11 Å². The van der Waals surface area contributed by atoms with Crippen LogP contribution in [0.5, 0.6) is 0 Å². The molecule has 1 unspecified atom stereocenters. The Labute approximate surface area is 190 Å². The van der Waals surface area contributed by atoms with Gasteiger partial charge in [0, 0.05) is 22.4 Å². The lowest BCUT2D eigenvalue weighted by atomic mass is 9.81. The molecule has 3 aromatic carbocycles. The summed E-state index contributed by atoms with van der Waals surface area (Å²) < 4.78 is 14.6. The monoisotopic (exact) mass is 453 g/mol. The van der Waals surface area contributed by atoms with Gasteiger partial charge in [0.25, 0.3) is 0 Å². The number of hydrogen-bond donors (Lipinski definition) is 1. The van der Waals surface area contributed by atoms with Crippen molar-refractivity contribution in [1.29, 1.82) is 0 Å². The van der Waals surface area contributed by atoms with E-state index in [-0.39, 0.29) is 6.42 Å². The van der Waals surface area contributed by atoms with Crippen LogP contribution in [0.3, 0.4) is 0 Å². The van der Waals surface area contributed by atoms with Gasteiger partial charge >= 0.3 is 5.97 Å². The first-order chi connectivity index (χ1) is 14.7. The average Bonchev–Trinajstić information content (AvgIpc) is 2.71. The molecular formula is C25H24ClNO3S. The van der Waals surface area contributed by atoms with Gasteiger partial charge in [-0.05, 0) is 60.2 Å². The number of anilines is 1. The van der Waals surface area contributed by atoms with Crippen molar-refractivity contribution in [3.05, 3.63) is 75.3 Å². The van der Waals surface area contributed by atoms with Crippen molar-refractivity contribution in [2.45, 2.75) is 33.7 Å². The van der Waals surface area contributed by atoms with E-state index in [1.165, 1.54) is 0 Å². The van der Waals surface area contributed by atoms with Crippen LogP contribution >= 0.6 is 11.6 Å².